The molecule has 0 aliphatic rings. The summed E-state index contributed by atoms with van der Waals surface area (Å²) >= 11 is 0. The van der Waals surface area contributed by atoms with Gasteiger partial charge in [0.2, 0.25) is 0 Å². The molecule has 2 aromatic rings. The molecule has 0 spiro atoms. The van der Waals surface area contributed by atoms with Crippen molar-refractivity contribution in [1.82, 2.24) is 10.2 Å². The first-order valence-electron chi connectivity index (χ1n) is 4.71. The highest BCUT2D eigenvalue weighted by atomic mass is 19.1. The number of nitrogens with zero attached hydrogens (tertiary/aromatic N) is 1. The smallest absolute Gasteiger partial charge is 0.126 e. The van der Waals surface area contributed by atoms with E-state index in [4.69, 9.17) is 5.73 Å². The topological polar surface area (TPSA) is 54.7 Å². The van der Waals surface area contributed by atoms with Gasteiger partial charge in [-0.3, -0.25) is 5.10 Å². The van der Waals surface area contributed by atoms with Crippen molar-refractivity contribution in [2.75, 3.05) is 0 Å². The Balaban J connectivity index is 2.50. The third-order valence-electron chi connectivity index (χ3n) is 2.40. The molecule has 0 saturated carbocycles. The number of hydrogen-bond donors (Lipinski definition) is 2. The van der Waals surface area contributed by atoms with Crippen LogP contribution in [0.4, 0.5) is 4.39 Å². The summed E-state index contributed by atoms with van der Waals surface area (Å²) < 4.78 is 13.3. The van der Waals surface area contributed by atoms with Gasteiger partial charge in [-0.05, 0) is 18.6 Å². The average molecular weight is 205 g/mol. The van der Waals surface area contributed by atoms with E-state index < -0.39 is 0 Å². The molecule has 0 saturated heterocycles. The lowest BCUT2D eigenvalue weighted by Gasteiger charge is -2.02. The second-order valence-corrected chi connectivity index (χ2v) is 3.44. The van der Waals surface area contributed by atoms with Crippen molar-refractivity contribution in [1.29, 1.82) is 0 Å². The van der Waals surface area contributed by atoms with Crippen molar-refractivity contribution in [3.8, 4) is 11.3 Å². The van der Waals surface area contributed by atoms with Crippen molar-refractivity contribution in [3.63, 3.8) is 0 Å². The van der Waals surface area contributed by atoms with Gasteiger partial charge >= 0.3 is 0 Å². The van der Waals surface area contributed by atoms with Crippen molar-refractivity contribution < 1.29 is 4.39 Å². The number of aromatic amines is 1. The maximum atomic E-state index is 13.3. The highest BCUT2D eigenvalue weighted by molar-refractivity contribution is 5.63. The predicted octanol–water partition coefficient (Wildman–Crippen LogP) is 1.98. The fourth-order valence-electron chi connectivity index (χ4n) is 1.46. The summed E-state index contributed by atoms with van der Waals surface area (Å²) in [6.45, 7) is 2.12. The number of hydrogen-bond acceptors (Lipinski definition) is 2. The molecule has 1 aromatic heterocycles. The molecule has 0 fully saturated rings. The second-order valence-electron chi connectivity index (χ2n) is 3.44. The Morgan fingerprint density at radius 2 is 2.27 bits per heavy atom. The molecule has 0 aliphatic carbocycles. The van der Waals surface area contributed by atoms with Gasteiger partial charge in [0.15, 0.2) is 0 Å². The van der Waals surface area contributed by atoms with Crippen molar-refractivity contribution in [3.05, 3.63) is 41.3 Å². The van der Waals surface area contributed by atoms with E-state index in [2.05, 4.69) is 10.2 Å². The van der Waals surface area contributed by atoms with Gasteiger partial charge in [-0.1, -0.05) is 12.1 Å². The number of nitrogens with one attached hydrogen (secondary N) is 1. The number of rotatable bonds is 2. The van der Waals surface area contributed by atoms with Crippen LogP contribution in [0.1, 0.15) is 11.1 Å². The van der Waals surface area contributed by atoms with Crippen molar-refractivity contribution >= 4 is 0 Å². The van der Waals surface area contributed by atoms with E-state index in [9.17, 15) is 4.39 Å². The third-order valence-corrected chi connectivity index (χ3v) is 2.40. The van der Waals surface area contributed by atoms with Crippen LogP contribution < -0.4 is 5.73 Å². The normalized spacial score (nSPS) is 10.6. The summed E-state index contributed by atoms with van der Waals surface area (Å²) in [6.07, 6.45) is 1.66. The lowest BCUT2D eigenvalue weighted by Crippen LogP contribution is -1.97. The van der Waals surface area contributed by atoms with Crippen LogP contribution in [0.15, 0.2) is 24.4 Å². The largest absolute Gasteiger partial charge is 0.326 e. The molecule has 1 heterocycles. The van der Waals surface area contributed by atoms with Gasteiger partial charge in [0, 0.05) is 17.7 Å². The Hall–Kier alpha value is -1.68. The molecule has 3 nitrogen and oxygen atoms in total. The summed E-state index contributed by atoms with van der Waals surface area (Å²) in [7, 11) is 0. The first-order valence-corrected chi connectivity index (χ1v) is 4.71. The van der Waals surface area contributed by atoms with E-state index in [0.29, 0.717) is 12.1 Å². The molecular formula is C11H12FN3. The van der Waals surface area contributed by atoms with Crippen LogP contribution >= 0.6 is 0 Å². The van der Waals surface area contributed by atoms with Gasteiger partial charge < -0.3 is 5.73 Å². The van der Waals surface area contributed by atoms with Crippen LogP contribution in [0, 0.1) is 12.7 Å². The number of aromatic nitrogens is 2. The van der Waals surface area contributed by atoms with Crippen LogP contribution in [0.2, 0.25) is 0 Å². The first kappa shape index (κ1) is 9.86. The SMILES string of the molecule is Cc1ccc(-c2[nH]ncc2CN)cc1F. The Labute approximate surface area is 87.1 Å². The van der Waals surface area contributed by atoms with Crippen molar-refractivity contribution in [2.45, 2.75) is 13.5 Å². The van der Waals surface area contributed by atoms with Crippen LogP contribution in [0.5, 0.6) is 0 Å². The molecule has 78 valence electrons. The summed E-state index contributed by atoms with van der Waals surface area (Å²) in [5.41, 5.74) is 8.63. The maximum Gasteiger partial charge on any atom is 0.126 e. The molecule has 0 aliphatic heterocycles. The highest BCUT2D eigenvalue weighted by Gasteiger charge is 2.07. The number of nitrogens with two attached hydrogens (primary N) is 1. The zero-order valence-corrected chi connectivity index (χ0v) is 8.42. The quantitative estimate of drug-likeness (QED) is 0.787. The fraction of sp³-hybridized carbons (Fsp3) is 0.182. The lowest BCUT2D eigenvalue weighted by atomic mass is 10.1. The van der Waals surface area contributed by atoms with E-state index in [1.165, 1.54) is 6.07 Å². The average Bonchev–Trinajstić information content (AvgIpc) is 2.70. The molecule has 0 unspecified atom stereocenters. The number of aryl methyl sites for hydroxylation is 1. The Kier molecular flexibility index (Phi) is 2.51. The summed E-state index contributed by atoms with van der Waals surface area (Å²) in [4.78, 5) is 0. The zero-order valence-electron chi connectivity index (χ0n) is 8.42. The Morgan fingerprint density at radius 3 is 2.93 bits per heavy atom. The van der Waals surface area contributed by atoms with Gasteiger partial charge in [0.1, 0.15) is 5.82 Å². The second kappa shape index (κ2) is 3.82. The number of H-pyrrole nitrogens is 1. The minimum absolute atomic E-state index is 0.218. The lowest BCUT2D eigenvalue weighted by molar-refractivity contribution is 0.619. The summed E-state index contributed by atoms with van der Waals surface area (Å²) in [6, 6.07) is 5.08. The van der Waals surface area contributed by atoms with Gasteiger partial charge in [0.25, 0.3) is 0 Å². The highest BCUT2D eigenvalue weighted by Crippen LogP contribution is 2.22. The van der Waals surface area contributed by atoms with E-state index >= 15 is 0 Å². The Morgan fingerprint density at radius 1 is 1.47 bits per heavy atom. The molecule has 4 heteroatoms. The van der Waals surface area contributed by atoms with E-state index in [1.807, 2.05) is 6.07 Å². The van der Waals surface area contributed by atoms with E-state index in [0.717, 1.165) is 16.8 Å². The van der Waals surface area contributed by atoms with Crippen LogP contribution in [0.25, 0.3) is 11.3 Å². The van der Waals surface area contributed by atoms with Crippen LogP contribution in [-0.2, 0) is 6.54 Å². The van der Waals surface area contributed by atoms with Gasteiger partial charge in [-0.15, -0.1) is 0 Å². The molecule has 0 bridgehead atoms. The van der Waals surface area contributed by atoms with Crippen molar-refractivity contribution in [2.24, 2.45) is 5.73 Å². The minimum atomic E-state index is -0.218. The van der Waals surface area contributed by atoms with E-state index in [1.54, 1.807) is 19.2 Å². The van der Waals surface area contributed by atoms with Gasteiger partial charge in [-0.25, -0.2) is 4.39 Å². The molecule has 2 rings (SSSR count). The molecular weight excluding hydrogens is 193 g/mol. The minimum Gasteiger partial charge on any atom is -0.326 e. The van der Waals surface area contributed by atoms with Gasteiger partial charge in [-0.2, -0.15) is 5.10 Å². The Bertz CT molecular complexity index is 476. The summed E-state index contributed by atoms with van der Waals surface area (Å²) in [5.74, 6) is -0.218. The van der Waals surface area contributed by atoms with Crippen LogP contribution in [-0.4, -0.2) is 10.2 Å². The summed E-state index contributed by atoms with van der Waals surface area (Å²) in [5, 5.41) is 6.72. The van der Waals surface area contributed by atoms with Crippen LogP contribution in [0.3, 0.4) is 0 Å². The maximum absolute atomic E-state index is 13.3. The molecule has 0 radical (unpaired) electrons. The monoisotopic (exact) mass is 205 g/mol. The zero-order chi connectivity index (χ0) is 10.8. The standard InChI is InChI=1S/C11H12FN3/c1-7-2-3-8(4-10(7)12)11-9(5-13)6-14-15-11/h2-4,6H,5,13H2,1H3,(H,14,15). The van der Waals surface area contributed by atoms with E-state index in [-0.39, 0.29) is 5.82 Å². The molecule has 3 N–H and O–H groups in total. The molecule has 0 amide bonds. The fourth-order valence-corrected chi connectivity index (χ4v) is 1.46. The molecule has 15 heavy (non-hydrogen) atoms. The third kappa shape index (κ3) is 1.76. The first-order chi connectivity index (χ1) is 7.22. The molecule has 0 atom stereocenters. The molecule has 1 aromatic carbocycles. The number of benzene rings is 1. The number of halogens is 1. The van der Waals surface area contributed by atoms with Gasteiger partial charge in [0.05, 0.1) is 11.9 Å². The predicted molar refractivity (Wildman–Crippen MR) is 56.6 cm³/mol.